The summed E-state index contributed by atoms with van der Waals surface area (Å²) in [7, 11) is 0. The summed E-state index contributed by atoms with van der Waals surface area (Å²) in [5.74, 6) is 0. The van der Waals surface area contributed by atoms with Crippen molar-refractivity contribution in [1.82, 2.24) is 4.90 Å². The smallest absolute Gasteiger partial charge is 0.106 e. The van der Waals surface area contributed by atoms with Gasteiger partial charge in [0, 0.05) is 13.1 Å². The molecule has 1 saturated heterocycles. The Labute approximate surface area is 74.3 Å². The van der Waals surface area contributed by atoms with Gasteiger partial charge in [0.2, 0.25) is 0 Å². The SMILES string of the molecule is [O]CCOCCN1[CH]CCCC1. The van der Waals surface area contributed by atoms with Gasteiger partial charge < -0.3 is 4.74 Å². The largest absolute Gasteiger partial charge is 0.378 e. The topological polar surface area (TPSA) is 32.4 Å². The third-order valence-electron chi connectivity index (χ3n) is 2.04. The quantitative estimate of drug-likeness (QED) is 0.580. The van der Waals surface area contributed by atoms with Gasteiger partial charge in [-0.15, -0.1) is 0 Å². The van der Waals surface area contributed by atoms with Crippen LogP contribution in [0.1, 0.15) is 19.3 Å². The summed E-state index contributed by atoms with van der Waals surface area (Å²) in [4.78, 5) is 2.29. The van der Waals surface area contributed by atoms with Crippen LogP contribution in [-0.2, 0) is 9.84 Å². The molecule has 0 amide bonds. The van der Waals surface area contributed by atoms with E-state index in [4.69, 9.17) is 4.74 Å². The fourth-order valence-electron chi connectivity index (χ4n) is 1.37. The highest BCUT2D eigenvalue weighted by Gasteiger charge is 2.09. The molecule has 0 spiro atoms. The molecule has 2 radical (unpaired) electrons. The summed E-state index contributed by atoms with van der Waals surface area (Å²) in [5, 5.41) is 10.0. The minimum atomic E-state index is -0.121. The van der Waals surface area contributed by atoms with E-state index in [1.165, 1.54) is 19.3 Å². The summed E-state index contributed by atoms with van der Waals surface area (Å²) >= 11 is 0. The molecule has 3 heteroatoms. The van der Waals surface area contributed by atoms with Crippen LogP contribution in [0.15, 0.2) is 0 Å². The summed E-state index contributed by atoms with van der Waals surface area (Å²) in [5.41, 5.74) is 0. The Morgan fingerprint density at radius 3 is 2.92 bits per heavy atom. The normalized spacial score (nSPS) is 19.8. The third kappa shape index (κ3) is 4.04. The van der Waals surface area contributed by atoms with Crippen molar-refractivity contribution in [1.29, 1.82) is 0 Å². The lowest BCUT2D eigenvalue weighted by molar-refractivity contribution is 0.0529. The number of rotatable bonds is 5. The van der Waals surface area contributed by atoms with Crippen LogP contribution in [0.5, 0.6) is 0 Å². The van der Waals surface area contributed by atoms with E-state index in [-0.39, 0.29) is 6.61 Å². The molecule has 0 aromatic carbocycles. The zero-order valence-electron chi connectivity index (χ0n) is 7.50. The first-order valence-electron chi connectivity index (χ1n) is 4.66. The monoisotopic (exact) mass is 171 g/mol. The van der Waals surface area contributed by atoms with Crippen molar-refractivity contribution < 1.29 is 9.84 Å². The van der Waals surface area contributed by atoms with Crippen LogP contribution in [-0.4, -0.2) is 37.8 Å². The molecule has 0 bridgehead atoms. The Morgan fingerprint density at radius 1 is 1.33 bits per heavy atom. The Balaban J connectivity index is 1.91. The molecular formula is C9H17NO2. The number of hydrogen-bond donors (Lipinski definition) is 0. The molecule has 0 unspecified atom stereocenters. The van der Waals surface area contributed by atoms with E-state index in [2.05, 4.69) is 11.4 Å². The Morgan fingerprint density at radius 2 is 2.25 bits per heavy atom. The lowest BCUT2D eigenvalue weighted by atomic mass is 10.1. The fraction of sp³-hybridized carbons (Fsp3) is 0.889. The van der Waals surface area contributed by atoms with E-state index < -0.39 is 0 Å². The van der Waals surface area contributed by atoms with Gasteiger partial charge in [-0.1, -0.05) is 6.42 Å². The van der Waals surface area contributed by atoms with Gasteiger partial charge in [0.15, 0.2) is 0 Å². The van der Waals surface area contributed by atoms with Gasteiger partial charge in [0.05, 0.1) is 13.2 Å². The van der Waals surface area contributed by atoms with Crippen LogP contribution in [0.3, 0.4) is 0 Å². The highest BCUT2D eigenvalue weighted by atomic mass is 16.5. The van der Waals surface area contributed by atoms with Gasteiger partial charge in [-0.25, -0.2) is 5.11 Å². The van der Waals surface area contributed by atoms with Gasteiger partial charge in [0.25, 0.3) is 0 Å². The van der Waals surface area contributed by atoms with Crippen LogP contribution in [0.2, 0.25) is 0 Å². The molecule has 0 saturated carbocycles. The predicted molar refractivity (Wildman–Crippen MR) is 46.1 cm³/mol. The molecule has 12 heavy (non-hydrogen) atoms. The average molecular weight is 171 g/mol. The maximum absolute atomic E-state index is 10.0. The van der Waals surface area contributed by atoms with Crippen molar-refractivity contribution in [3.63, 3.8) is 0 Å². The molecule has 1 fully saturated rings. The molecule has 0 aromatic heterocycles. The second-order valence-corrected chi connectivity index (χ2v) is 3.03. The first kappa shape index (κ1) is 9.96. The molecular weight excluding hydrogens is 154 g/mol. The van der Waals surface area contributed by atoms with Gasteiger partial charge in [-0.05, 0) is 19.4 Å². The summed E-state index contributed by atoms with van der Waals surface area (Å²) in [6.45, 7) is 5.26. The van der Waals surface area contributed by atoms with E-state index in [1.807, 2.05) is 0 Å². The number of piperidine rings is 1. The molecule has 0 aromatic rings. The molecule has 1 rings (SSSR count). The Kier molecular flexibility index (Phi) is 5.32. The van der Waals surface area contributed by atoms with E-state index in [1.54, 1.807) is 0 Å². The molecule has 0 aliphatic carbocycles. The number of likely N-dealkylation sites (tertiary alicyclic amines) is 1. The van der Waals surface area contributed by atoms with Crippen LogP contribution in [0, 0.1) is 6.54 Å². The van der Waals surface area contributed by atoms with Crippen molar-refractivity contribution in [2.75, 3.05) is 32.9 Å². The highest BCUT2D eigenvalue weighted by Crippen LogP contribution is 2.11. The fourth-order valence-corrected chi connectivity index (χ4v) is 1.37. The zero-order valence-corrected chi connectivity index (χ0v) is 7.50. The minimum absolute atomic E-state index is 0.121. The highest BCUT2D eigenvalue weighted by molar-refractivity contribution is 4.73. The Hall–Kier alpha value is -0.120. The van der Waals surface area contributed by atoms with Crippen LogP contribution in [0.25, 0.3) is 0 Å². The average Bonchev–Trinajstić information content (AvgIpc) is 2.14. The maximum atomic E-state index is 10.0. The van der Waals surface area contributed by atoms with Gasteiger partial charge in [-0.2, -0.15) is 0 Å². The van der Waals surface area contributed by atoms with Crippen molar-refractivity contribution in [2.45, 2.75) is 19.3 Å². The maximum Gasteiger partial charge on any atom is 0.106 e. The molecule has 1 heterocycles. The van der Waals surface area contributed by atoms with Crippen molar-refractivity contribution in [3.8, 4) is 0 Å². The van der Waals surface area contributed by atoms with Crippen LogP contribution in [0.4, 0.5) is 0 Å². The molecule has 0 atom stereocenters. The molecule has 0 N–H and O–H groups in total. The van der Waals surface area contributed by atoms with Crippen LogP contribution < -0.4 is 0 Å². The van der Waals surface area contributed by atoms with Gasteiger partial charge in [0.1, 0.15) is 6.61 Å². The number of hydrogen-bond acceptors (Lipinski definition) is 2. The minimum Gasteiger partial charge on any atom is -0.378 e. The van der Waals surface area contributed by atoms with Gasteiger partial charge in [-0.3, -0.25) is 4.90 Å². The molecule has 1 aliphatic rings. The number of ether oxygens (including phenoxy) is 1. The van der Waals surface area contributed by atoms with E-state index in [0.29, 0.717) is 13.2 Å². The summed E-state index contributed by atoms with van der Waals surface area (Å²) < 4.78 is 5.11. The summed E-state index contributed by atoms with van der Waals surface area (Å²) in [6, 6.07) is 0. The molecule has 3 nitrogen and oxygen atoms in total. The second kappa shape index (κ2) is 6.40. The summed E-state index contributed by atoms with van der Waals surface area (Å²) in [6.07, 6.45) is 3.80. The first-order valence-corrected chi connectivity index (χ1v) is 4.66. The Bertz CT molecular complexity index is 103. The lowest BCUT2D eigenvalue weighted by Crippen LogP contribution is -2.29. The van der Waals surface area contributed by atoms with Crippen LogP contribution >= 0.6 is 0 Å². The standard InChI is InChI=1S/C9H17NO2/c11-7-9-12-8-6-10-4-2-1-3-5-10/h4H,1-3,5-9H2. The third-order valence-corrected chi connectivity index (χ3v) is 2.04. The number of nitrogens with zero attached hydrogens (tertiary/aromatic N) is 1. The van der Waals surface area contributed by atoms with Crippen molar-refractivity contribution in [2.24, 2.45) is 0 Å². The lowest BCUT2D eigenvalue weighted by Gasteiger charge is -2.25. The van der Waals surface area contributed by atoms with E-state index in [9.17, 15) is 5.11 Å². The zero-order chi connectivity index (χ0) is 8.65. The predicted octanol–water partition coefficient (Wildman–Crippen LogP) is 1.08. The molecule has 70 valence electrons. The first-order chi connectivity index (χ1) is 5.93. The molecule has 1 aliphatic heterocycles. The second-order valence-electron chi connectivity index (χ2n) is 3.03. The van der Waals surface area contributed by atoms with Gasteiger partial charge >= 0.3 is 0 Å². The van der Waals surface area contributed by atoms with Crippen molar-refractivity contribution in [3.05, 3.63) is 6.54 Å². The van der Waals surface area contributed by atoms with E-state index >= 15 is 0 Å². The van der Waals surface area contributed by atoms with E-state index in [0.717, 1.165) is 13.1 Å². The van der Waals surface area contributed by atoms with Crippen molar-refractivity contribution >= 4 is 0 Å².